The van der Waals surface area contributed by atoms with E-state index >= 15 is 0 Å². The molecule has 5 nitrogen and oxygen atoms in total. The van der Waals surface area contributed by atoms with Crippen LogP contribution in [0, 0.1) is 17.1 Å². The first-order valence-corrected chi connectivity index (χ1v) is 5.59. The van der Waals surface area contributed by atoms with Crippen LogP contribution in [-0.4, -0.2) is 19.4 Å². The monoisotopic (exact) mass is 253 g/mol. The first-order chi connectivity index (χ1) is 9.29. The lowest BCUT2D eigenvalue weighted by atomic mass is 10.1. The van der Waals surface area contributed by atoms with E-state index in [9.17, 15) is 4.39 Å². The molecule has 0 aromatic carbocycles. The Hall–Kier alpha value is -2.81. The van der Waals surface area contributed by atoms with Crippen LogP contribution in [0.4, 0.5) is 4.39 Å². The third-order valence-electron chi connectivity index (χ3n) is 2.77. The summed E-state index contributed by atoms with van der Waals surface area (Å²) < 4.78 is 15.4. The Balaban J connectivity index is 2.17. The van der Waals surface area contributed by atoms with Gasteiger partial charge in [0.1, 0.15) is 23.7 Å². The normalized spacial score (nSPS) is 10.5. The van der Waals surface area contributed by atoms with Crippen molar-refractivity contribution in [3.05, 3.63) is 59.9 Å². The van der Waals surface area contributed by atoms with Gasteiger partial charge in [0.25, 0.3) is 0 Å². The summed E-state index contributed by atoms with van der Waals surface area (Å²) in [6, 6.07) is 4.85. The number of hydrogen-bond donors (Lipinski definition) is 0. The summed E-state index contributed by atoms with van der Waals surface area (Å²) >= 11 is 0. The summed E-state index contributed by atoms with van der Waals surface area (Å²) in [4.78, 5) is 12.0. The number of fused-ring (bicyclic) bond motifs is 1. The number of aromatic nitrogens is 4. The fraction of sp³-hybridized carbons (Fsp3) is 0.0769. The average molecular weight is 253 g/mol. The van der Waals surface area contributed by atoms with E-state index in [4.69, 9.17) is 5.26 Å². The number of hydrogen-bond acceptors (Lipinski definition) is 4. The van der Waals surface area contributed by atoms with E-state index in [0.29, 0.717) is 17.6 Å². The molecule has 0 bridgehead atoms. The van der Waals surface area contributed by atoms with Crippen molar-refractivity contribution < 1.29 is 4.39 Å². The van der Waals surface area contributed by atoms with Gasteiger partial charge in [-0.2, -0.15) is 5.26 Å². The molecule has 19 heavy (non-hydrogen) atoms. The molecule has 92 valence electrons. The fourth-order valence-corrected chi connectivity index (χ4v) is 1.99. The maximum atomic E-state index is 13.9. The van der Waals surface area contributed by atoms with Crippen LogP contribution in [0.1, 0.15) is 17.1 Å². The van der Waals surface area contributed by atoms with Crippen LogP contribution in [0.15, 0.2) is 37.1 Å². The molecule has 0 atom stereocenters. The van der Waals surface area contributed by atoms with Gasteiger partial charge in [0, 0.05) is 25.0 Å². The molecule has 0 aliphatic carbocycles. The standard InChI is InChI=1S/C13H8FN5/c14-10-2-1-3-19-12(5-15)18-11(13(10)19)4-9-6-16-8-17-7-9/h1-3,6-8H,4H2. The minimum atomic E-state index is -0.400. The highest BCUT2D eigenvalue weighted by Crippen LogP contribution is 2.19. The third-order valence-corrected chi connectivity index (χ3v) is 2.77. The lowest BCUT2D eigenvalue weighted by Crippen LogP contribution is -1.94. The van der Waals surface area contributed by atoms with Crippen LogP contribution >= 0.6 is 0 Å². The van der Waals surface area contributed by atoms with Crippen molar-refractivity contribution in [2.45, 2.75) is 6.42 Å². The summed E-state index contributed by atoms with van der Waals surface area (Å²) in [5.41, 5.74) is 1.64. The lowest BCUT2D eigenvalue weighted by molar-refractivity contribution is 0.632. The Labute approximate surface area is 108 Å². The SMILES string of the molecule is N#Cc1nc(Cc2cncnc2)c2c(F)cccn12. The van der Waals surface area contributed by atoms with Gasteiger partial charge in [-0.05, 0) is 17.7 Å². The van der Waals surface area contributed by atoms with E-state index in [1.54, 1.807) is 24.7 Å². The van der Waals surface area contributed by atoms with Crippen LogP contribution in [-0.2, 0) is 6.42 Å². The van der Waals surface area contributed by atoms with Gasteiger partial charge in [0.2, 0.25) is 5.82 Å². The maximum Gasteiger partial charge on any atom is 0.217 e. The van der Waals surface area contributed by atoms with Crippen molar-refractivity contribution in [3.8, 4) is 6.07 Å². The number of halogens is 1. The predicted molar refractivity (Wildman–Crippen MR) is 64.7 cm³/mol. The third kappa shape index (κ3) is 1.91. The predicted octanol–water partition coefficient (Wildman–Crippen LogP) is 1.73. The zero-order valence-corrected chi connectivity index (χ0v) is 9.79. The molecule has 0 saturated carbocycles. The van der Waals surface area contributed by atoms with Gasteiger partial charge in [-0.3, -0.25) is 4.40 Å². The fourth-order valence-electron chi connectivity index (χ4n) is 1.99. The van der Waals surface area contributed by atoms with Gasteiger partial charge in [0.15, 0.2) is 0 Å². The molecule has 0 unspecified atom stereocenters. The highest BCUT2D eigenvalue weighted by Gasteiger charge is 2.14. The smallest absolute Gasteiger partial charge is 0.217 e. The minimum Gasteiger partial charge on any atom is -0.288 e. The summed E-state index contributed by atoms with van der Waals surface area (Å²) in [6.07, 6.45) is 6.72. The molecular formula is C13H8FN5. The molecular weight excluding hydrogens is 245 g/mol. The number of nitrogens with zero attached hydrogens (tertiary/aromatic N) is 5. The molecule has 3 heterocycles. The number of nitriles is 1. The van der Waals surface area contributed by atoms with Gasteiger partial charge >= 0.3 is 0 Å². The molecule has 0 aliphatic heterocycles. The van der Waals surface area contributed by atoms with Gasteiger partial charge in [0.05, 0.1) is 5.69 Å². The van der Waals surface area contributed by atoms with Gasteiger partial charge in [-0.15, -0.1) is 0 Å². The second-order valence-corrected chi connectivity index (χ2v) is 3.99. The van der Waals surface area contributed by atoms with Crippen molar-refractivity contribution in [3.63, 3.8) is 0 Å². The van der Waals surface area contributed by atoms with Crippen LogP contribution in [0.2, 0.25) is 0 Å². The largest absolute Gasteiger partial charge is 0.288 e. The van der Waals surface area contributed by atoms with Crippen LogP contribution < -0.4 is 0 Å². The summed E-state index contributed by atoms with van der Waals surface area (Å²) in [6.45, 7) is 0. The maximum absolute atomic E-state index is 13.9. The molecule has 3 rings (SSSR count). The Kier molecular flexibility index (Phi) is 2.65. The van der Waals surface area contributed by atoms with Crippen LogP contribution in [0.3, 0.4) is 0 Å². The zero-order chi connectivity index (χ0) is 13.2. The summed E-state index contributed by atoms with van der Waals surface area (Å²) in [5, 5.41) is 9.03. The summed E-state index contributed by atoms with van der Waals surface area (Å²) in [5.74, 6) is -0.232. The highest BCUT2D eigenvalue weighted by atomic mass is 19.1. The molecule has 0 spiro atoms. The Morgan fingerprint density at radius 2 is 2.11 bits per heavy atom. The molecule has 0 amide bonds. The van der Waals surface area contributed by atoms with E-state index in [-0.39, 0.29) is 5.82 Å². The number of rotatable bonds is 2. The van der Waals surface area contributed by atoms with Crippen LogP contribution in [0.25, 0.3) is 5.52 Å². The molecule has 6 heteroatoms. The average Bonchev–Trinajstić information content (AvgIpc) is 2.79. The molecule has 0 N–H and O–H groups in total. The first-order valence-electron chi connectivity index (χ1n) is 5.59. The topological polar surface area (TPSA) is 66.9 Å². The Morgan fingerprint density at radius 1 is 1.32 bits per heavy atom. The quantitative estimate of drug-likeness (QED) is 0.697. The van der Waals surface area contributed by atoms with Gasteiger partial charge in [-0.25, -0.2) is 19.3 Å². The summed E-state index contributed by atoms with van der Waals surface area (Å²) in [7, 11) is 0. The Morgan fingerprint density at radius 3 is 2.84 bits per heavy atom. The van der Waals surface area contributed by atoms with E-state index in [1.165, 1.54) is 16.8 Å². The van der Waals surface area contributed by atoms with Crippen molar-refractivity contribution >= 4 is 5.52 Å². The van der Waals surface area contributed by atoms with Gasteiger partial charge in [-0.1, -0.05) is 0 Å². The second kappa shape index (κ2) is 4.46. The Bertz CT molecular complexity index is 773. The lowest BCUT2D eigenvalue weighted by Gasteiger charge is -1.99. The molecule has 0 saturated heterocycles. The van der Waals surface area contributed by atoms with E-state index in [0.717, 1.165) is 5.56 Å². The number of pyridine rings is 1. The van der Waals surface area contributed by atoms with Crippen molar-refractivity contribution in [2.24, 2.45) is 0 Å². The van der Waals surface area contributed by atoms with Gasteiger partial charge < -0.3 is 0 Å². The zero-order valence-electron chi connectivity index (χ0n) is 9.79. The molecule has 0 fully saturated rings. The molecule has 0 aliphatic rings. The highest BCUT2D eigenvalue weighted by molar-refractivity contribution is 5.57. The minimum absolute atomic E-state index is 0.168. The molecule has 3 aromatic rings. The first kappa shape index (κ1) is 11.3. The second-order valence-electron chi connectivity index (χ2n) is 3.99. The van der Waals surface area contributed by atoms with Crippen molar-refractivity contribution in [1.82, 2.24) is 19.4 Å². The van der Waals surface area contributed by atoms with E-state index in [2.05, 4.69) is 15.0 Å². The van der Waals surface area contributed by atoms with E-state index in [1.807, 2.05) is 6.07 Å². The van der Waals surface area contributed by atoms with E-state index < -0.39 is 5.82 Å². The van der Waals surface area contributed by atoms with Crippen molar-refractivity contribution in [1.29, 1.82) is 5.26 Å². The number of imidazole rings is 1. The molecule has 3 aromatic heterocycles. The van der Waals surface area contributed by atoms with Crippen molar-refractivity contribution in [2.75, 3.05) is 0 Å². The van der Waals surface area contributed by atoms with Crippen LogP contribution in [0.5, 0.6) is 0 Å². The molecule has 0 radical (unpaired) electrons.